The van der Waals surface area contributed by atoms with Crippen LogP contribution >= 0.6 is 11.6 Å². The van der Waals surface area contributed by atoms with E-state index in [1.165, 1.54) is 0 Å². The maximum atomic E-state index is 13.1. The molecule has 0 saturated heterocycles. The van der Waals surface area contributed by atoms with Gasteiger partial charge in [0.15, 0.2) is 5.82 Å². The molecule has 0 spiro atoms. The number of fused-ring (bicyclic) bond motifs is 1. The number of halogens is 1. The molecule has 4 nitrogen and oxygen atoms in total. The molecule has 0 aliphatic heterocycles. The van der Waals surface area contributed by atoms with Gasteiger partial charge in [-0.05, 0) is 43.3 Å². The van der Waals surface area contributed by atoms with E-state index in [1.54, 1.807) is 16.7 Å². The van der Waals surface area contributed by atoms with Crippen molar-refractivity contribution in [2.45, 2.75) is 26.3 Å². The molecule has 124 valence electrons. The number of hydrogen-bond acceptors (Lipinski definition) is 2. The molecule has 2 aromatic carbocycles. The summed E-state index contributed by atoms with van der Waals surface area (Å²) in [4.78, 5) is 18.0. The summed E-state index contributed by atoms with van der Waals surface area (Å²) in [5.41, 5.74) is 1.49. The Morgan fingerprint density at radius 2 is 1.83 bits per heavy atom. The van der Waals surface area contributed by atoms with Gasteiger partial charge in [-0.25, -0.2) is 4.98 Å². The van der Waals surface area contributed by atoms with Crippen LogP contribution in [0, 0.1) is 0 Å². The molecule has 0 aliphatic rings. The highest BCUT2D eigenvalue weighted by atomic mass is 35.5. The summed E-state index contributed by atoms with van der Waals surface area (Å²) < 4.78 is 1.72. The Balaban J connectivity index is 2.33. The van der Waals surface area contributed by atoms with E-state index in [4.69, 9.17) is 16.6 Å². The van der Waals surface area contributed by atoms with Gasteiger partial charge < -0.3 is 5.32 Å². The second kappa shape index (κ2) is 7.16. The van der Waals surface area contributed by atoms with E-state index in [2.05, 4.69) is 19.2 Å². The van der Waals surface area contributed by atoms with Gasteiger partial charge in [0.05, 0.1) is 23.1 Å². The Kier molecular flexibility index (Phi) is 4.97. The van der Waals surface area contributed by atoms with Gasteiger partial charge in [-0.3, -0.25) is 9.36 Å². The quantitative estimate of drug-likeness (QED) is 0.774. The third-order valence-corrected chi connectivity index (χ3v) is 4.43. The summed E-state index contributed by atoms with van der Waals surface area (Å²) in [6.07, 6.45) is 0.895. The van der Waals surface area contributed by atoms with Crippen molar-refractivity contribution in [1.29, 1.82) is 0 Å². The summed E-state index contributed by atoms with van der Waals surface area (Å²) in [6.45, 7) is 5.15. The van der Waals surface area contributed by atoms with Crippen LogP contribution in [0.15, 0.2) is 53.3 Å². The van der Waals surface area contributed by atoms with Crippen LogP contribution in [-0.2, 0) is 0 Å². The Bertz CT molecular complexity index is 903. The monoisotopic (exact) mass is 342 g/mol. The lowest BCUT2D eigenvalue weighted by Gasteiger charge is -2.19. The first kappa shape index (κ1) is 16.7. The molecule has 0 amide bonds. The third-order valence-electron chi connectivity index (χ3n) is 4.18. The Morgan fingerprint density at radius 1 is 1.12 bits per heavy atom. The third kappa shape index (κ3) is 3.07. The molecule has 0 fully saturated rings. The summed E-state index contributed by atoms with van der Waals surface area (Å²) >= 11 is 6.00. The zero-order valence-electron chi connectivity index (χ0n) is 13.9. The number of quaternary nitrogens is 1. The molecule has 24 heavy (non-hydrogen) atoms. The van der Waals surface area contributed by atoms with E-state index in [0.717, 1.165) is 30.0 Å². The van der Waals surface area contributed by atoms with Gasteiger partial charge in [-0.1, -0.05) is 30.7 Å². The van der Waals surface area contributed by atoms with Crippen molar-refractivity contribution in [2.75, 3.05) is 6.54 Å². The van der Waals surface area contributed by atoms with Gasteiger partial charge in [0.1, 0.15) is 6.04 Å². The lowest BCUT2D eigenvalue weighted by atomic mass is 10.1. The highest BCUT2D eigenvalue weighted by molar-refractivity contribution is 6.30. The summed E-state index contributed by atoms with van der Waals surface area (Å²) in [5, 5.41) is 3.49. The summed E-state index contributed by atoms with van der Waals surface area (Å²) in [5.74, 6) is 0.783. The highest BCUT2D eigenvalue weighted by Crippen LogP contribution is 2.19. The summed E-state index contributed by atoms with van der Waals surface area (Å²) in [7, 11) is 0. The average Bonchev–Trinajstić information content (AvgIpc) is 2.61. The maximum Gasteiger partial charge on any atom is 0.266 e. The second-order valence-electron chi connectivity index (χ2n) is 5.76. The standard InChI is InChI=1S/C19H20ClN3O/c1-3-16(21-4-2)18-22-17-8-6-5-7-15(17)19(24)23(18)14-11-9-13(20)10-12-14/h5-12,16,21H,3-4H2,1-2H3/p+1/t16-/m0/s1. The fraction of sp³-hybridized carbons (Fsp3) is 0.263. The maximum absolute atomic E-state index is 13.1. The molecule has 0 aliphatic carbocycles. The van der Waals surface area contributed by atoms with Gasteiger partial charge in [0.2, 0.25) is 0 Å². The minimum atomic E-state index is -0.0409. The molecule has 0 bridgehead atoms. The molecule has 1 atom stereocenters. The van der Waals surface area contributed by atoms with E-state index >= 15 is 0 Å². The number of benzene rings is 2. The Labute approximate surface area is 146 Å². The van der Waals surface area contributed by atoms with Crippen LogP contribution in [0.3, 0.4) is 0 Å². The van der Waals surface area contributed by atoms with E-state index in [9.17, 15) is 4.79 Å². The number of rotatable bonds is 5. The van der Waals surface area contributed by atoms with E-state index in [-0.39, 0.29) is 11.6 Å². The van der Waals surface area contributed by atoms with E-state index in [0.29, 0.717) is 10.4 Å². The van der Waals surface area contributed by atoms with Crippen LogP contribution in [0.2, 0.25) is 5.02 Å². The molecule has 1 heterocycles. The highest BCUT2D eigenvalue weighted by Gasteiger charge is 2.21. The first-order chi connectivity index (χ1) is 11.7. The molecule has 3 aromatic rings. The number of nitrogens with zero attached hydrogens (tertiary/aromatic N) is 2. The normalized spacial score (nSPS) is 12.5. The van der Waals surface area contributed by atoms with Crippen molar-refractivity contribution in [3.63, 3.8) is 0 Å². The molecule has 3 rings (SSSR count). The predicted molar refractivity (Wildman–Crippen MR) is 97.8 cm³/mol. The van der Waals surface area contributed by atoms with Gasteiger partial charge in [0.25, 0.3) is 5.56 Å². The van der Waals surface area contributed by atoms with Crippen molar-refractivity contribution in [3.05, 3.63) is 69.7 Å². The van der Waals surface area contributed by atoms with E-state index < -0.39 is 0 Å². The number of aromatic nitrogens is 2. The number of hydrogen-bond donors (Lipinski definition) is 1. The molecule has 5 heteroatoms. The lowest BCUT2D eigenvalue weighted by Crippen LogP contribution is -2.85. The van der Waals surface area contributed by atoms with Crippen LogP contribution in [0.5, 0.6) is 0 Å². The first-order valence-corrected chi connectivity index (χ1v) is 8.64. The van der Waals surface area contributed by atoms with Crippen LogP contribution in [0.25, 0.3) is 16.6 Å². The van der Waals surface area contributed by atoms with Crippen LogP contribution < -0.4 is 10.9 Å². The molecule has 1 aromatic heterocycles. The minimum absolute atomic E-state index is 0.0409. The van der Waals surface area contributed by atoms with E-state index in [1.807, 2.05) is 36.4 Å². The van der Waals surface area contributed by atoms with Gasteiger partial charge in [0, 0.05) is 11.4 Å². The molecule has 2 N–H and O–H groups in total. The molecular weight excluding hydrogens is 322 g/mol. The zero-order valence-corrected chi connectivity index (χ0v) is 14.6. The SMILES string of the molecule is CC[NH2+][C@@H](CC)c1nc2ccccc2c(=O)n1-c1ccc(Cl)cc1. The average molecular weight is 343 g/mol. The smallest absolute Gasteiger partial charge is 0.266 e. The molecule has 0 radical (unpaired) electrons. The Hall–Kier alpha value is -2.17. The van der Waals surface area contributed by atoms with Crippen molar-refractivity contribution in [2.24, 2.45) is 0 Å². The van der Waals surface area contributed by atoms with Crippen molar-refractivity contribution in [3.8, 4) is 5.69 Å². The van der Waals surface area contributed by atoms with Crippen molar-refractivity contribution in [1.82, 2.24) is 9.55 Å². The number of para-hydroxylation sites is 1. The topological polar surface area (TPSA) is 51.5 Å². The minimum Gasteiger partial charge on any atom is -0.338 e. The molecule has 0 saturated carbocycles. The van der Waals surface area contributed by atoms with Gasteiger partial charge >= 0.3 is 0 Å². The van der Waals surface area contributed by atoms with Gasteiger partial charge in [-0.15, -0.1) is 0 Å². The van der Waals surface area contributed by atoms with Crippen LogP contribution in [0.4, 0.5) is 0 Å². The first-order valence-electron chi connectivity index (χ1n) is 8.26. The molecule has 0 unspecified atom stereocenters. The van der Waals surface area contributed by atoms with Crippen molar-refractivity contribution >= 4 is 22.5 Å². The predicted octanol–water partition coefficient (Wildman–Crippen LogP) is 3.07. The summed E-state index contributed by atoms with van der Waals surface area (Å²) in [6, 6.07) is 15.0. The number of nitrogens with two attached hydrogens (primary N) is 1. The van der Waals surface area contributed by atoms with Crippen LogP contribution in [0.1, 0.15) is 32.1 Å². The van der Waals surface area contributed by atoms with Gasteiger partial charge in [-0.2, -0.15) is 0 Å². The lowest BCUT2D eigenvalue weighted by molar-refractivity contribution is -0.694. The Morgan fingerprint density at radius 3 is 2.50 bits per heavy atom. The second-order valence-corrected chi connectivity index (χ2v) is 6.20. The van der Waals surface area contributed by atoms with Crippen molar-refractivity contribution < 1.29 is 5.32 Å². The molecular formula is C19H21ClN3O+. The van der Waals surface area contributed by atoms with Crippen LogP contribution in [-0.4, -0.2) is 16.1 Å². The largest absolute Gasteiger partial charge is 0.338 e. The zero-order chi connectivity index (χ0) is 17.1. The fourth-order valence-electron chi connectivity index (χ4n) is 2.98. The fourth-order valence-corrected chi connectivity index (χ4v) is 3.10.